The monoisotopic (exact) mass is 359 g/mol. The Morgan fingerprint density at radius 2 is 2.04 bits per heavy atom. The lowest BCUT2D eigenvalue weighted by molar-refractivity contribution is 0.103. The van der Waals surface area contributed by atoms with Gasteiger partial charge in [0.2, 0.25) is 0 Å². The average molecular weight is 360 g/mol. The summed E-state index contributed by atoms with van der Waals surface area (Å²) in [5.41, 5.74) is 1.99. The Bertz CT molecular complexity index is 954. The topological polar surface area (TPSA) is 38.3 Å². The van der Waals surface area contributed by atoms with Crippen LogP contribution < -0.4 is 10.1 Å². The van der Waals surface area contributed by atoms with Crippen molar-refractivity contribution < 1.29 is 13.9 Å². The Morgan fingerprint density at radius 1 is 1.21 bits per heavy atom. The summed E-state index contributed by atoms with van der Waals surface area (Å²) < 4.78 is 19.5. The third-order valence-corrected chi connectivity index (χ3v) is 5.17. The van der Waals surface area contributed by atoms with E-state index in [4.69, 9.17) is 16.3 Å². The number of benzene rings is 2. The normalized spacial score (nSPS) is 12.1. The fourth-order valence-electron chi connectivity index (χ4n) is 2.59. The van der Waals surface area contributed by atoms with Crippen LogP contribution in [0.4, 0.5) is 10.1 Å². The Balaban J connectivity index is 1.66. The van der Waals surface area contributed by atoms with E-state index < -0.39 is 5.82 Å². The highest BCUT2D eigenvalue weighted by Gasteiger charge is 2.22. The van der Waals surface area contributed by atoms with Crippen LogP contribution in [0.15, 0.2) is 48.5 Å². The minimum Gasteiger partial charge on any atom is -0.488 e. The van der Waals surface area contributed by atoms with Crippen LogP contribution in [0.5, 0.6) is 5.75 Å². The molecular weight excluding hydrogens is 349 g/mol. The van der Waals surface area contributed by atoms with E-state index in [2.05, 4.69) is 5.32 Å². The number of para-hydroxylation sites is 1. The predicted octanol–water partition coefficient (Wildman–Crippen LogP) is 5.35. The molecule has 2 heterocycles. The molecule has 1 N–H and O–H groups in total. The van der Waals surface area contributed by atoms with E-state index in [0.29, 0.717) is 16.5 Å². The van der Waals surface area contributed by atoms with Crippen molar-refractivity contribution >= 4 is 34.5 Å². The minimum absolute atomic E-state index is 0.0653. The fraction of sp³-hybridized carbons (Fsp3) is 0.0556. The zero-order chi connectivity index (χ0) is 16.7. The van der Waals surface area contributed by atoms with Gasteiger partial charge < -0.3 is 10.1 Å². The highest BCUT2D eigenvalue weighted by molar-refractivity contribution is 7.17. The Kier molecular flexibility index (Phi) is 3.75. The summed E-state index contributed by atoms with van der Waals surface area (Å²) in [5.74, 6) is -0.0875. The Hall–Kier alpha value is -2.37. The molecular formula is C18H11ClFNO2S. The molecule has 6 heteroatoms. The molecule has 120 valence electrons. The Morgan fingerprint density at radius 3 is 2.92 bits per heavy atom. The van der Waals surface area contributed by atoms with Crippen LogP contribution in [0, 0.1) is 5.82 Å². The zero-order valence-corrected chi connectivity index (χ0v) is 13.9. The summed E-state index contributed by atoms with van der Waals surface area (Å²) >= 11 is 7.22. The van der Waals surface area contributed by atoms with E-state index in [9.17, 15) is 9.18 Å². The zero-order valence-electron chi connectivity index (χ0n) is 12.3. The standard InChI is InChI=1S/C18H11ClFNO2S/c19-11-5-6-13(20)14(8-11)21-18(22)16-7-10-9-23-15-4-2-1-3-12(15)17(10)24-16/h1-8H,9H2,(H,21,22). The van der Waals surface area contributed by atoms with Crippen LogP contribution in [-0.4, -0.2) is 5.91 Å². The van der Waals surface area contributed by atoms with Crippen LogP contribution in [-0.2, 0) is 6.61 Å². The second-order valence-electron chi connectivity index (χ2n) is 5.33. The van der Waals surface area contributed by atoms with Crippen LogP contribution in [0.2, 0.25) is 5.02 Å². The quantitative estimate of drug-likeness (QED) is 0.669. The number of rotatable bonds is 2. The molecule has 0 aliphatic carbocycles. The van der Waals surface area contributed by atoms with Crippen molar-refractivity contribution in [3.05, 3.63) is 69.8 Å². The van der Waals surface area contributed by atoms with Crippen molar-refractivity contribution in [1.29, 1.82) is 0 Å². The van der Waals surface area contributed by atoms with Crippen molar-refractivity contribution in [1.82, 2.24) is 0 Å². The molecule has 3 aromatic rings. The van der Waals surface area contributed by atoms with E-state index in [0.717, 1.165) is 21.8 Å². The molecule has 0 saturated heterocycles. The predicted molar refractivity (Wildman–Crippen MR) is 93.5 cm³/mol. The number of hydrogen-bond acceptors (Lipinski definition) is 3. The first-order valence-electron chi connectivity index (χ1n) is 7.23. The first-order valence-corrected chi connectivity index (χ1v) is 8.42. The van der Waals surface area contributed by atoms with Crippen LogP contribution in [0.1, 0.15) is 15.2 Å². The van der Waals surface area contributed by atoms with Crippen molar-refractivity contribution in [2.24, 2.45) is 0 Å². The number of hydrogen-bond donors (Lipinski definition) is 1. The molecule has 0 bridgehead atoms. The number of amides is 1. The molecule has 1 aliphatic heterocycles. The smallest absolute Gasteiger partial charge is 0.265 e. The third kappa shape index (κ3) is 2.66. The van der Waals surface area contributed by atoms with Gasteiger partial charge in [-0.3, -0.25) is 4.79 Å². The van der Waals surface area contributed by atoms with Gasteiger partial charge in [-0.15, -0.1) is 11.3 Å². The molecule has 1 amide bonds. The van der Waals surface area contributed by atoms with Crippen molar-refractivity contribution in [3.8, 4) is 16.2 Å². The minimum atomic E-state index is -0.525. The van der Waals surface area contributed by atoms with Gasteiger partial charge in [0.25, 0.3) is 5.91 Å². The first kappa shape index (κ1) is 15.2. The molecule has 1 aromatic heterocycles. The maximum absolute atomic E-state index is 13.8. The van der Waals surface area contributed by atoms with Gasteiger partial charge in [0.1, 0.15) is 18.2 Å². The first-order chi connectivity index (χ1) is 11.6. The molecule has 3 nitrogen and oxygen atoms in total. The van der Waals surface area contributed by atoms with E-state index >= 15 is 0 Å². The van der Waals surface area contributed by atoms with Crippen LogP contribution in [0.3, 0.4) is 0 Å². The van der Waals surface area contributed by atoms with Crippen LogP contribution in [0.25, 0.3) is 10.4 Å². The number of carbonyl (C=O) groups excluding carboxylic acids is 1. The SMILES string of the molecule is O=C(Nc1cc(Cl)ccc1F)c1cc2c(s1)-c1ccccc1OC2. The average Bonchev–Trinajstić information content (AvgIpc) is 3.03. The molecule has 0 unspecified atom stereocenters. The maximum Gasteiger partial charge on any atom is 0.265 e. The summed E-state index contributed by atoms with van der Waals surface area (Å²) in [7, 11) is 0. The second kappa shape index (κ2) is 5.92. The van der Waals surface area contributed by atoms with E-state index in [-0.39, 0.29) is 11.6 Å². The van der Waals surface area contributed by atoms with Gasteiger partial charge in [0, 0.05) is 21.0 Å². The fourth-order valence-corrected chi connectivity index (χ4v) is 3.85. The number of carbonyl (C=O) groups is 1. The number of nitrogens with one attached hydrogen (secondary N) is 1. The molecule has 24 heavy (non-hydrogen) atoms. The highest BCUT2D eigenvalue weighted by atomic mass is 35.5. The molecule has 2 aromatic carbocycles. The molecule has 0 saturated carbocycles. The molecule has 1 aliphatic rings. The molecule has 0 spiro atoms. The largest absolute Gasteiger partial charge is 0.488 e. The summed E-state index contributed by atoms with van der Waals surface area (Å²) in [6, 6.07) is 13.5. The Labute approximate surface area is 146 Å². The van der Waals surface area contributed by atoms with E-state index in [1.54, 1.807) is 6.07 Å². The maximum atomic E-state index is 13.8. The van der Waals surface area contributed by atoms with Gasteiger partial charge in [0.15, 0.2) is 0 Å². The molecule has 0 fully saturated rings. The van der Waals surface area contributed by atoms with Crippen LogP contribution >= 0.6 is 22.9 Å². The number of thiophene rings is 1. The van der Waals surface area contributed by atoms with Gasteiger partial charge in [-0.05, 0) is 36.4 Å². The summed E-state index contributed by atoms with van der Waals surface area (Å²) in [6.07, 6.45) is 0. The molecule has 0 radical (unpaired) electrons. The van der Waals surface area contributed by atoms with Crippen molar-refractivity contribution in [2.45, 2.75) is 6.61 Å². The van der Waals surface area contributed by atoms with Gasteiger partial charge in [-0.1, -0.05) is 23.7 Å². The summed E-state index contributed by atoms with van der Waals surface area (Å²) in [4.78, 5) is 14.0. The third-order valence-electron chi connectivity index (χ3n) is 3.72. The second-order valence-corrected chi connectivity index (χ2v) is 6.82. The number of fused-ring (bicyclic) bond motifs is 3. The van der Waals surface area contributed by atoms with Gasteiger partial charge in [-0.25, -0.2) is 4.39 Å². The van der Waals surface area contributed by atoms with Gasteiger partial charge in [-0.2, -0.15) is 0 Å². The lowest BCUT2D eigenvalue weighted by atomic mass is 10.1. The number of halogens is 2. The van der Waals surface area contributed by atoms with Crippen molar-refractivity contribution in [2.75, 3.05) is 5.32 Å². The lowest BCUT2D eigenvalue weighted by Gasteiger charge is -2.16. The van der Waals surface area contributed by atoms with E-state index in [1.807, 2.05) is 24.3 Å². The van der Waals surface area contributed by atoms with E-state index in [1.165, 1.54) is 29.5 Å². The number of anilines is 1. The van der Waals surface area contributed by atoms with Crippen molar-refractivity contribution in [3.63, 3.8) is 0 Å². The summed E-state index contributed by atoms with van der Waals surface area (Å²) in [5, 5.41) is 2.93. The van der Waals surface area contributed by atoms with Gasteiger partial charge >= 0.3 is 0 Å². The summed E-state index contributed by atoms with van der Waals surface area (Å²) in [6.45, 7) is 0.418. The molecule has 0 atom stereocenters. The lowest BCUT2D eigenvalue weighted by Crippen LogP contribution is -2.11. The van der Waals surface area contributed by atoms with Gasteiger partial charge in [0.05, 0.1) is 10.6 Å². The molecule has 4 rings (SSSR count). The highest BCUT2D eigenvalue weighted by Crippen LogP contribution is 2.42. The number of ether oxygens (including phenoxy) is 1.